The molecule has 3 aromatic carbocycles. The number of benzene rings is 3. The molecule has 0 aliphatic heterocycles. The van der Waals surface area contributed by atoms with Crippen LogP contribution in [0.3, 0.4) is 0 Å². The molecule has 47 heavy (non-hydrogen) atoms. The monoisotopic (exact) mass is 659 g/mol. The average Bonchev–Trinajstić information content (AvgIpc) is 3.03. The average molecular weight is 660 g/mol. The second-order valence-electron chi connectivity index (χ2n) is 10.7. The molecule has 13 heteroatoms. The first-order valence-corrected chi connectivity index (χ1v) is 14.8. The molecule has 250 valence electrons. The van der Waals surface area contributed by atoms with E-state index in [0.717, 1.165) is 21.3 Å². The standard InChI is InChI=1S/C34H34F5N3O5/c1-4-47-29(43)17-10-18-40-27(22-11-6-5-7-12-22)20-42-32(44)30(23-13-8-16-28(46-3)31(23)36)21(2)41(33(42)45)19-24-25(34(37,38)39)14-9-15-26(24)35/h5-9,11-16,27,40H,4,10,17-20H2,1-3H3. The van der Waals surface area contributed by atoms with Gasteiger partial charge in [0.2, 0.25) is 0 Å². The fourth-order valence-electron chi connectivity index (χ4n) is 5.36. The van der Waals surface area contributed by atoms with Gasteiger partial charge in [-0.25, -0.2) is 13.6 Å². The smallest absolute Gasteiger partial charge is 0.416 e. The first-order valence-electron chi connectivity index (χ1n) is 14.8. The fraction of sp³-hybridized carbons (Fsp3) is 0.324. The van der Waals surface area contributed by atoms with Crippen LogP contribution in [0.4, 0.5) is 22.0 Å². The Hall–Kier alpha value is -4.78. The summed E-state index contributed by atoms with van der Waals surface area (Å²) in [5.74, 6) is -2.72. The van der Waals surface area contributed by atoms with E-state index >= 15 is 8.78 Å². The molecule has 1 atom stereocenters. The molecule has 0 radical (unpaired) electrons. The number of esters is 1. The van der Waals surface area contributed by atoms with Gasteiger partial charge in [-0.15, -0.1) is 0 Å². The van der Waals surface area contributed by atoms with E-state index in [4.69, 9.17) is 9.47 Å². The van der Waals surface area contributed by atoms with Gasteiger partial charge in [-0.1, -0.05) is 48.5 Å². The van der Waals surface area contributed by atoms with Crippen molar-refractivity contribution >= 4 is 5.97 Å². The summed E-state index contributed by atoms with van der Waals surface area (Å²) in [4.78, 5) is 40.0. The van der Waals surface area contributed by atoms with E-state index in [1.165, 1.54) is 32.2 Å². The zero-order valence-electron chi connectivity index (χ0n) is 26.0. The Labute approximate surface area is 267 Å². The highest BCUT2D eigenvalue weighted by atomic mass is 19.4. The summed E-state index contributed by atoms with van der Waals surface area (Å²) in [5, 5.41) is 3.23. The molecule has 0 aliphatic rings. The number of rotatable bonds is 13. The quantitative estimate of drug-likeness (QED) is 0.107. The van der Waals surface area contributed by atoms with E-state index in [1.54, 1.807) is 37.3 Å². The Morgan fingerprint density at radius 2 is 1.66 bits per heavy atom. The number of aromatic nitrogens is 2. The molecule has 4 aromatic rings. The molecular formula is C34H34F5N3O5. The van der Waals surface area contributed by atoms with E-state index in [0.29, 0.717) is 18.1 Å². The lowest BCUT2D eigenvalue weighted by Crippen LogP contribution is -2.45. The normalized spacial score (nSPS) is 12.2. The summed E-state index contributed by atoms with van der Waals surface area (Å²) in [5.41, 5.74) is -4.11. The largest absolute Gasteiger partial charge is 0.494 e. The SMILES string of the molecule is CCOC(=O)CCCNC(Cn1c(=O)c(-c2cccc(OC)c2F)c(C)n(Cc2c(F)cccc2C(F)(F)F)c1=O)c1ccccc1. The van der Waals surface area contributed by atoms with Crippen molar-refractivity contribution in [3.63, 3.8) is 0 Å². The van der Waals surface area contributed by atoms with Crippen LogP contribution in [-0.2, 0) is 28.8 Å². The number of ether oxygens (including phenoxy) is 2. The number of hydrogen-bond acceptors (Lipinski definition) is 6. The molecule has 1 unspecified atom stereocenters. The summed E-state index contributed by atoms with van der Waals surface area (Å²) in [6.45, 7) is 2.26. The van der Waals surface area contributed by atoms with Crippen LogP contribution in [0.2, 0.25) is 0 Å². The van der Waals surface area contributed by atoms with Gasteiger partial charge in [0.15, 0.2) is 11.6 Å². The van der Waals surface area contributed by atoms with Gasteiger partial charge in [0.25, 0.3) is 5.56 Å². The van der Waals surface area contributed by atoms with Crippen LogP contribution in [0.25, 0.3) is 11.1 Å². The number of hydrogen-bond donors (Lipinski definition) is 1. The van der Waals surface area contributed by atoms with Crippen LogP contribution in [0.1, 0.15) is 48.2 Å². The predicted molar refractivity (Wildman–Crippen MR) is 165 cm³/mol. The molecule has 1 heterocycles. The predicted octanol–water partition coefficient (Wildman–Crippen LogP) is 6.01. The molecule has 0 saturated carbocycles. The van der Waals surface area contributed by atoms with Crippen LogP contribution in [0, 0.1) is 18.6 Å². The Balaban J connectivity index is 1.90. The maximum absolute atomic E-state index is 15.6. The number of nitrogens with one attached hydrogen (secondary N) is 1. The van der Waals surface area contributed by atoms with Crippen molar-refractivity contribution in [2.45, 2.75) is 52.0 Å². The minimum Gasteiger partial charge on any atom is -0.494 e. The van der Waals surface area contributed by atoms with Crippen LogP contribution in [-0.4, -0.2) is 35.4 Å². The Bertz CT molecular complexity index is 1840. The molecule has 1 aromatic heterocycles. The van der Waals surface area contributed by atoms with E-state index in [1.807, 2.05) is 0 Å². The van der Waals surface area contributed by atoms with Crippen molar-refractivity contribution in [3.8, 4) is 16.9 Å². The minimum atomic E-state index is -4.95. The van der Waals surface area contributed by atoms with Crippen molar-refractivity contribution < 1.29 is 36.2 Å². The fourth-order valence-corrected chi connectivity index (χ4v) is 5.36. The summed E-state index contributed by atoms with van der Waals surface area (Å²) < 4.78 is 84.1. The minimum absolute atomic E-state index is 0.114. The molecule has 0 aliphatic carbocycles. The number of nitrogens with zero attached hydrogens (tertiary/aromatic N) is 2. The van der Waals surface area contributed by atoms with Crippen LogP contribution < -0.4 is 21.3 Å². The zero-order chi connectivity index (χ0) is 34.3. The molecule has 0 amide bonds. The van der Waals surface area contributed by atoms with E-state index in [-0.39, 0.29) is 54.7 Å². The first kappa shape index (κ1) is 35.1. The van der Waals surface area contributed by atoms with Crippen molar-refractivity contribution in [2.75, 3.05) is 20.3 Å². The third-order valence-electron chi connectivity index (χ3n) is 7.70. The maximum Gasteiger partial charge on any atom is 0.416 e. The Morgan fingerprint density at radius 1 is 0.957 bits per heavy atom. The van der Waals surface area contributed by atoms with E-state index in [2.05, 4.69) is 5.32 Å². The number of alkyl halides is 3. The van der Waals surface area contributed by atoms with E-state index in [9.17, 15) is 27.6 Å². The van der Waals surface area contributed by atoms with E-state index < -0.39 is 52.8 Å². The van der Waals surface area contributed by atoms with Gasteiger partial charge in [0, 0.05) is 23.2 Å². The second-order valence-corrected chi connectivity index (χ2v) is 10.7. The van der Waals surface area contributed by atoms with Gasteiger partial charge in [0.1, 0.15) is 5.82 Å². The summed E-state index contributed by atoms with van der Waals surface area (Å²) in [6.07, 6.45) is -4.47. The molecule has 0 spiro atoms. The van der Waals surface area contributed by atoms with Crippen LogP contribution in [0.15, 0.2) is 76.3 Å². The maximum atomic E-state index is 15.6. The van der Waals surface area contributed by atoms with Gasteiger partial charge in [0.05, 0.1) is 44.0 Å². The van der Waals surface area contributed by atoms with Crippen molar-refractivity contribution in [2.24, 2.45) is 0 Å². The van der Waals surface area contributed by atoms with Crippen molar-refractivity contribution in [1.82, 2.24) is 14.5 Å². The molecule has 0 bridgehead atoms. The van der Waals surface area contributed by atoms with Crippen LogP contribution >= 0.6 is 0 Å². The number of halogens is 5. The number of methoxy groups -OCH3 is 1. The highest BCUT2D eigenvalue weighted by molar-refractivity contribution is 5.69. The molecular weight excluding hydrogens is 625 g/mol. The number of carbonyl (C=O) groups excluding carboxylic acids is 1. The highest BCUT2D eigenvalue weighted by Gasteiger charge is 2.35. The molecule has 4 rings (SSSR count). The summed E-state index contributed by atoms with van der Waals surface area (Å²) >= 11 is 0. The van der Waals surface area contributed by atoms with Crippen LogP contribution in [0.5, 0.6) is 5.75 Å². The number of carbonyl (C=O) groups is 1. The van der Waals surface area contributed by atoms with Gasteiger partial charge in [-0.3, -0.25) is 18.7 Å². The molecule has 0 saturated heterocycles. The first-order chi connectivity index (χ1) is 22.4. The topological polar surface area (TPSA) is 91.6 Å². The van der Waals surface area contributed by atoms with Gasteiger partial charge >= 0.3 is 17.8 Å². The molecule has 0 fully saturated rings. The lowest BCUT2D eigenvalue weighted by atomic mass is 10.0. The third-order valence-corrected chi connectivity index (χ3v) is 7.70. The van der Waals surface area contributed by atoms with Gasteiger partial charge in [-0.05, 0) is 50.6 Å². The lowest BCUT2D eigenvalue weighted by Gasteiger charge is -2.24. The zero-order valence-corrected chi connectivity index (χ0v) is 26.0. The van der Waals surface area contributed by atoms with Gasteiger partial charge < -0.3 is 14.8 Å². The molecule has 1 N–H and O–H groups in total. The Morgan fingerprint density at radius 3 is 2.32 bits per heavy atom. The summed E-state index contributed by atoms with van der Waals surface area (Å²) in [6, 6.07) is 14.5. The van der Waals surface area contributed by atoms with Crippen molar-refractivity contribution in [1.29, 1.82) is 0 Å². The third kappa shape index (κ3) is 7.97. The lowest BCUT2D eigenvalue weighted by molar-refractivity contribution is -0.143. The second kappa shape index (κ2) is 15.2. The Kier molecular flexibility index (Phi) is 11.3. The van der Waals surface area contributed by atoms with Crippen molar-refractivity contribution in [3.05, 3.63) is 122 Å². The summed E-state index contributed by atoms with van der Waals surface area (Å²) in [7, 11) is 1.23. The molecule has 8 nitrogen and oxygen atoms in total. The van der Waals surface area contributed by atoms with Gasteiger partial charge in [-0.2, -0.15) is 13.2 Å². The highest BCUT2D eigenvalue weighted by Crippen LogP contribution is 2.34.